The van der Waals surface area contributed by atoms with Gasteiger partial charge in [-0.25, -0.2) is 8.78 Å². The molecule has 0 saturated carbocycles. The van der Waals surface area contributed by atoms with Gasteiger partial charge in [-0.05, 0) is 19.1 Å². The molecule has 82 valence electrons. The van der Waals surface area contributed by atoms with Crippen molar-refractivity contribution in [2.45, 2.75) is 13.0 Å². The van der Waals surface area contributed by atoms with Gasteiger partial charge in [0, 0.05) is 18.9 Å². The van der Waals surface area contributed by atoms with Gasteiger partial charge in [-0.3, -0.25) is 4.79 Å². The van der Waals surface area contributed by atoms with Crippen molar-refractivity contribution >= 4 is 11.6 Å². The van der Waals surface area contributed by atoms with Gasteiger partial charge in [0.2, 0.25) is 0 Å². The zero-order chi connectivity index (χ0) is 11.4. The number of methoxy groups -OCH3 is 1. The largest absolute Gasteiger partial charge is 0.372 e. The molecule has 1 N–H and O–H groups in total. The maximum atomic E-state index is 12.7. The first-order chi connectivity index (χ1) is 7.02. The van der Waals surface area contributed by atoms with Crippen LogP contribution in [0, 0.1) is 11.6 Å². The highest BCUT2D eigenvalue weighted by Crippen LogP contribution is 2.13. The van der Waals surface area contributed by atoms with Crippen molar-refractivity contribution in [1.29, 1.82) is 0 Å². The molecule has 15 heavy (non-hydrogen) atoms. The van der Waals surface area contributed by atoms with Gasteiger partial charge in [-0.1, -0.05) is 0 Å². The summed E-state index contributed by atoms with van der Waals surface area (Å²) in [6.45, 7) is 1.53. The van der Waals surface area contributed by atoms with E-state index in [1.54, 1.807) is 0 Å². The van der Waals surface area contributed by atoms with E-state index in [-0.39, 0.29) is 5.69 Å². The molecule has 3 nitrogen and oxygen atoms in total. The summed E-state index contributed by atoms with van der Waals surface area (Å²) in [5, 5.41) is 2.33. The number of hydrogen-bond donors (Lipinski definition) is 1. The summed E-state index contributed by atoms with van der Waals surface area (Å²) in [4.78, 5) is 11.3. The van der Waals surface area contributed by atoms with Gasteiger partial charge >= 0.3 is 0 Å². The number of ether oxygens (including phenoxy) is 1. The predicted molar refractivity (Wildman–Crippen MR) is 51.5 cm³/mol. The van der Waals surface area contributed by atoms with Crippen LogP contribution in [-0.4, -0.2) is 19.1 Å². The second-order valence-electron chi connectivity index (χ2n) is 3.03. The summed E-state index contributed by atoms with van der Waals surface area (Å²) in [6, 6.07) is 2.79. The topological polar surface area (TPSA) is 38.3 Å². The molecule has 0 spiro atoms. The van der Waals surface area contributed by atoms with E-state index < -0.39 is 23.6 Å². The van der Waals surface area contributed by atoms with Crippen molar-refractivity contribution in [3.05, 3.63) is 29.8 Å². The van der Waals surface area contributed by atoms with Gasteiger partial charge < -0.3 is 10.1 Å². The zero-order valence-corrected chi connectivity index (χ0v) is 8.38. The normalized spacial score (nSPS) is 12.3. The van der Waals surface area contributed by atoms with Crippen molar-refractivity contribution in [1.82, 2.24) is 0 Å². The number of carbonyl (C=O) groups excluding carboxylic acids is 1. The molecule has 0 aromatic heterocycles. The molecular formula is C10H11F2NO2. The van der Waals surface area contributed by atoms with Gasteiger partial charge in [0.1, 0.15) is 17.7 Å². The summed E-state index contributed by atoms with van der Waals surface area (Å²) in [7, 11) is 1.37. The molecule has 1 atom stereocenters. The minimum Gasteiger partial charge on any atom is -0.372 e. The van der Waals surface area contributed by atoms with Crippen molar-refractivity contribution in [2.75, 3.05) is 12.4 Å². The van der Waals surface area contributed by atoms with E-state index in [1.807, 2.05) is 0 Å². The number of benzene rings is 1. The maximum absolute atomic E-state index is 12.7. The highest BCUT2D eigenvalue weighted by atomic mass is 19.1. The summed E-state index contributed by atoms with van der Waals surface area (Å²) in [5.74, 6) is -1.94. The lowest BCUT2D eigenvalue weighted by molar-refractivity contribution is -0.124. The van der Waals surface area contributed by atoms with E-state index in [1.165, 1.54) is 14.0 Å². The number of carbonyl (C=O) groups is 1. The Morgan fingerprint density at radius 3 is 2.33 bits per heavy atom. The molecule has 5 heteroatoms. The average molecular weight is 215 g/mol. The summed E-state index contributed by atoms with van der Waals surface area (Å²) in [5.41, 5.74) is 0.0707. The SMILES string of the molecule is COC(C)C(=O)Nc1cc(F)cc(F)c1. The van der Waals surface area contributed by atoms with Gasteiger partial charge in [-0.15, -0.1) is 0 Å². The fraction of sp³-hybridized carbons (Fsp3) is 0.300. The van der Waals surface area contributed by atoms with Crippen molar-refractivity contribution in [3.8, 4) is 0 Å². The zero-order valence-electron chi connectivity index (χ0n) is 8.38. The smallest absolute Gasteiger partial charge is 0.253 e. The second-order valence-corrected chi connectivity index (χ2v) is 3.03. The Kier molecular flexibility index (Phi) is 3.74. The lowest BCUT2D eigenvalue weighted by atomic mass is 10.3. The van der Waals surface area contributed by atoms with Crippen LogP contribution in [-0.2, 0) is 9.53 Å². The van der Waals surface area contributed by atoms with Gasteiger partial charge in [-0.2, -0.15) is 0 Å². The molecular weight excluding hydrogens is 204 g/mol. The van der Waals surface area contributed by atoms with Crippen LogP contribution in [0.2, 0.25) is 0 Å². The third-order valence-corrected chi connectivity index (χ3v) is 1.85. The van der Waals surface area contributed by atoms with Crippen molar-refractivity contribution in [3.63, 3.8) is 0 Å². The first-order valence-corrected chi connectivity index (χ1v) is 4.32. The van der Waals surface area contributed by atoms with E-state index in [9.17, 15) is 13.6 Å². The number of nitrogens with one attached hydrogen (secondary N) is 1. The average Bonchev–Trinajstić information content (AvgIpc) is 2.14. The molecule has 1 aromatic rings. The van der Waals surface area contributed by atoms with Crippen molar-refractivity contribution < 1.29 is 18.3 Å². The number of amides is 1. The third kappa shape index (κ3) is 3.28. The van der Waals surface area contributed by atoms with E-state index in [2.05, 4.69) is 5.32 Å². The molecule has 0 fully saturated rings. The van der Waals surface area contributed by atoms with E-state index >= 15 is 0 Å². The molecule has 0 aliphatic carbocycles. The predicted octanol–water partition coefficient (Wildman–Crippen LogP) is 1.94. The molecule has 0 heterocycles. The third-order valence-electron chi connectivity index (χ3n) is 1.85. The molecule has 0 bridgehead atoms. The Balaban J connectivity index is 2.76. The number of halogens is 2. The number of anilines is 1. The van der Waals surface area contributed by atoms with E-state index in [0.29, 0.717) is 0 Å². The Bertz CT molecular complexity index is 348. The molecule has 0 aliphatic rings. The first kappa shape index (κ1) is 11.6. The van der Waals surface area contributed by atoms with E-state index in [4.69, 9.17) is 4.74 Å². The maximum Gasteiger partial charge on any atom is 0.253 e. The number of hydrogen-bond acceptors (Lipinski definition) is 2. The van der Waals surface area contributed by atoms with Crippen LogP contribution in [0.25, 0.3) is 0 Å². The molecule has 1 amide bonds. The monoisotopic (exact) mass is 215 g/mol. The van der Waals surface area contributed by atoms with Crippen LogP contribution in [0.3, 0.4) is 0 Å². The molecule has 1 aromatic carbocycles. The fourth-order valence-electron chi connectivity index (χ4n) is 0.977. The van der Waals surface area contributed by atoms with Crippen molar-refractivity contribution in [2.24, 2.45) is 0 Å². The molecule has 1 unspecified atom stereocenters. The van der Waals surface area contributed by atoms with Gasteiger partial charge in [0.15, 0.2) is 0 Å². The van der Waals surface area contributed by atoms with Gasteiger partial charge in [0.25, 0.3) is 5.91 Å². The van der Waals surface area contributed by atoms with Crippen LogP contribution in [0.4, 0.5) is 14.5 Å². The van der Waals surface area contributed by atoms with Crippen LogP contribution in [0.15, 0.2) is 18.2 Å². The quantitative estimate of drug-likeness (QED) is 0.836. The van der Waals surface area contributed by atoms with Crippen LogP contribution < -0.4 is 5.32 Å². The van der Waals surface area contributed by atoms with Crippen LogP contribution in [0.1, 0.15) is 6.92 Å². The molecule has 0 saturated heterocycles. The standard InChI is InChI=1S/C10H11F2NO2/c1-6(15-2)10(14)13-9-4-7(11)3-8(12)5-9/h3-6H,1-2H3,(H,13,14). The Labute approximate surface area is 86.0 Å². The highest BCUT2D eigenvalue weighted by Gasteiger charge is 2.12. The molecule has 1 rings (SSSR count). The van der Waals surface area contributed by atoms with E-state index in [0.717, 1.165) is 18.2 Å². The second kappa shape index (κ2) is 4.84. The highest BCUT2D eigenvalue weighted by molar-refractivity contribution is 5.93. The minimum atomic E-state index is -0.740. The Morgan fingerprint density at radius 1 is 1.33 bits per heavy atom. The number of rotatable bonds is 3. The van der Waals surface area contributed by atoms with Crippen LogP contribution in [0.5, 0.6) is 0 Å². The van der Waals surface area contributed by atoms with Crippen LogP contribution >= 0.6 is 0 Å². The summed E-state index contributed by atoms with van der Waals surface area (Å²) < 4.78 is 30.2. The van der Waals surface area contributed by atoms with Gasteiger partial charge in [0.05, 0.1) is 0 Å². The lowest BCUT2D eigenvalue weighted by Gasteiger charge is -2.10. The summed E-state index contributed by atoms with van der Waals surface area (Å²) >= 11 is 0. The summed E-state index contributed by atoms with van der Waals surface area (Å²) in [6.07, 6.45) is -0.670. The Morgan fingerprint density at radius 2 is 1.87 bits per heavy atom. The molecule has 0 radical (unpaired) electrons. The molecule has 0 aliphatic heterocycles. The first-order valence-electron chi connectivity index (χ1n) is 4.32. The minimum absolute atomic E-state index is 0.0707. The Hall–Kier alpha value is -1.49. The lowest BCUT2D eigenvalue weighted by Crippen LogP contribution is -2.26. The fourth-order valence-corrected chi connectivity index (χ4v) is 0.977.